The summed E-state index contributed by atoms with van der Waals surface area (Å²) in [5.74, 6) is 0. The van der Waals surface area contributed by atoms with Crippen LogP contribution in [0.4, 0.5) is 0 Å². The number of ether oxygens (including phenoxy) is 2. The van der Waals surface area contributed by atoms with Gasteiger partial charge in [0.25, 0.3) is 0 Å². The van der Waals surface area contributed by atoms with Crippen molar-refractivity contribution in [1.82, 2.24) is 0 Å². The number of hydrogen-bond acceptors (Lipinski definition) is 3. The molecule has 0 saturated carbocycles. The lowest BCUT2D eigenvalue weighted by molar-refractivity contribution is -0.0386. The van der Waals surface area contributed by atoms with Gasteiger partial charge in [0.05, 0.1) is 18.3 Å². The van der Waals surface area contributed by atoms with Gasteiger partial charge >= 0.3 is 0 Å². The Morgan fingerprint density at radius 2 is 2.33 bits per heavy atom. The van der Waals surface area contributed by atoms with Gasteiger partial charge in [0.15, 0.2) is 0 Å². The van der Waals surface area contributed by atoms with Crippen molar-refractivity contribution in [3.05, 3.63) is 0 Å². The van der Waals surface area contributed by atoms with E-state index in [9.17, 15) is 5.11 Å². The van der Waals surface area contributed by atoms with Gasteiger partial charge in [0, 0.05) is 13.2 Å². The number of aliphatic hydroxyl groups is 1. The van der Waals surface area contributed by atoms with Crippen LogP contribution in [0.2, 0.25) is 0 Å². The Morgan fingerprint density at radius 1 is 1.53 bits per heavy atom. The van der Waals surface area contributed by atoms with Crippen molar-refractivity contribution in [1.29, 1.82) is 0 Å². The highest BCUT2D eigenvalue weighted by Gasteiger charge is 2.22. The Morgan fingerprint density at radius 3 is 2.93 bits per heavy atom. The zero-order chi connectivity index (χ0) is 11.1. The van der Waals surface area contributed by atoms with Crippen LogP contribution in [0.25, 0.3) is 0 Å². The number of rotatable bonds is 7. The molecular weight excluding hydrogens is 192 g/mol. The first kappa shape index (κ1) is 12.9. The normalized spacial score (nSPS) is 25.4. The minimum absolute atomic E-state index is 0.438. The lowest BCUT2D eigenvalue weighted by Crippen LogP contribution is -2.30. The second kappa shape index (κ2) is 6.46. The summed E-state index contributed by atoms with van der Waals surface area (Å²) in [6.07, 6.45) is 5.71. The van der Waals surface area contributed by atoms with E-state index < -0.39 is 5.60 Å². The van der Waals surface area contributed by atoms with Crippen LogP contribution in [0.15, 0.2) is 0 Å². The molecule has 1 heterocycles. The smallest absolute Gasteiger partial charge is 0.0852 e. The largest absolute Gasteiger partial charge is 0.388 e. The van der Waals surface area contributed by atoms with Crippen molar-refractivity contribution < 1.29 is 14.6 Å². The van der Waals surface area contributed by atoms with Gasteiger partial charge in [-0.25, -0.2) is 0 Å². The molecule has 3 nitrogen and oxygen atoms in total. The quantitative estimate of drug-likeness (QED) is 0.708. The summed E-state index contributed by atoms with van der Waals surface area (Å²) >= 11 is 0. The zero-order valence-corrected chi connectivity index (χ0v) is 10.00. The summed E-state index contributed by atoms with van der Waals surface area (Å²) in [5, 5.41) is 9.95. The van der Waals surface area contributed by atoms with Crippen LogP contribution < -0.4 is 0 Å². The average molecular weight is 216 g/mol. The van der Waals surface area contributed by atoms with Crippen molar-refractivity contribution in [2.24, 2.45) is 0 Å². The fraction of sp³-hybridized carbons (Fsp3) is 1.00. The van der Waals surface area contributed by atoms with E-state index in [4.69, 9.17) is 9.47 Å². The molecule has 0 amide bonds. The SMILES string of the molecule is CCOCC(C)(O)CCCC1CCCO1. The van der Waals surface area contributed by atoms with Crippen LogP contribution in [-0.2, 0) is 9.47 Å². The Labute approximate surface area is 92.8 Å². The second-order valence-electron chi connectivity index (χ2n) is 4.66. The first-order chi connectivity index (χ1) is 7.14. The van der Waals surface area contributed by atoms with Gasteiger partial charge in [-0.3, -0.25) is 0 Å². The number of hydrogen-bond donors (Lipinski definition) is 1. The molecule has 1 aliphatic rings. The zero-order valence-electron chi connectivity index (χ0n) is 10.00. The van der Waals surface area contributed by atoms with Gasteiger partial charge in [0.2, 0.25) is 0 Å². The minimum Gasteiger partial charge on any atom is -0.388 e. The molecule has 90 valence electrons. The summed E-state index contributed by atoms with van der Waals surface area (Å²) < 4.78 is 10.8. The van der Waals surface area contributed by atoms with Crippen molar-refractivity contribution in [2.75, 3.05) is 19.8 Å². The summed E-state index contributed by atoms with van der Waals surface area (Å²) in [5.41, 5.74) is -0.672. The molecule has 0 spiro atoms. The van der Waals surface area contributed by atoms with Crippen LogP contribution in [0.1, 0.15) is 46.0 Å². The molecule has 15 heavy (non-hydrogen) atoms. The van der Waals surface area contributed by atoms with Crippen LogP contribution in [0.3, 0.4) is 0 Å². The predicted molar refractivity (Wildman–Crippen MR) is 59.9 cm³/mol. The fourth-order valence-electron chi connectivity index (χ4n) is 1.98. The summed E-state index contributed by atoms with van der Waals surface area (Å²) in [6.45, 7) is 5.82. The third kappa shape index (κ3) is 5.50. The summed E-state index contributed by atoms with van der Waals surface area (Å²) in [7, 11) is 0. The van der Waals surface area contributed by atoms with E-state index in [1.807, 2.05) is 13.8 Å². The van der Waals surface area contributed by atoms with E-state index in [0.717, 1.165) is 25.9 Å². The van der Waals surface area contributed by atoms with Crippen LogP contribution in [0.5, 0.6) is 0 Å². The summed E-state index contributed by atoms with van der Waals surface area (Å²) in [4.78, 5) is 0. The van der Waals surface area contributed by atoms with Gasteiger partial charge in [-0.2, -0.15) is 0 Å². The molecule has 0 bridgehead atoms. The van der Waals surface area contributed by atoms with Gasteiger partial charge in [-0.15, -0.1) is 0 Å². The summed E-state index contributed by atoms with van der Waals surface area (Å²) in [6, 6.07) is 0. The van der Waals surface area contributed by atoms with Gasteiger partial charge in [0.1, 0.15) is 0 Å². The molecule has 0 aromatic heterocycles. The Balaban J connectivity index is 2.06. The predicted octanol–water partition coefficient (Wildman–Crippen LogP) is 2.12. The molecule has 0 radical (unpaired) electrons. The highest BCUT2D eigenvalue weighted by atomic mass is 16.5. The molecule has 2 unspecified atom stereocenters. The van der Waals surface area contributed by atoms with E-state index in [1.165, 1.54) is 12.8 Å². The van der Waals surface area contributed by atoms with Gasteiger partial charge in [-0.05, 0) is 46.0 Å². The first-order valence-corrected chi connectivity index (χ1v) is 6.06. The molecule has 3 heteroatoms. The fourth-order valence-corrected chi connectivity index (χ4v) is 1.98. The lowest BCUT2D eigenvalue weighted by atomic mass is 9.98. The molecular formula is C12H24O3. The maximum atomic E-state index is 9.95. The third-order valence-corrected chi connectivity index (χ3v) is 2.88. The lowest BCUT2D eigenvalue weighted by Gasteiger charge is -2.23. The van der Waals surface area contributed by atoms with Gasteiger partial charge < -0.3 is 14.6 Å². The Hall–Kier alpha value is -0.120. The van der Waals surface area contributed by atoms with Crippen molar-refractivity contribution in [3.63, 3.8) is 0 Å². The Kier molecular flexibility index (Phi) is 5.58. The molecule has 1 rings (SSSR count). The van der Waals surface area contributed by atoms with E-state index in [-0.39, 0.29) is 0 Å². The molecule has 0 aromatic rings. The monoisotopic (exact) mass is 216 g/mol. The highest BCUT2D eigenvalue weighted by molar-refractivity contribution is 4.73. The van der Waals surface area contributed by atoms with Crippen molar-refractivity contribution in [2.45, 2.75) is 57.7 Å². The standard InChI is InChI=1S/C12H24O3/c1-3-14-10-12(2,13)8-4-6-11-7-5-9-15-11/h11,13H,3-10H2,1-2H3. The maximum absolute atomic E-state index is 9.95. The van der Waals surface area contributed by atoms with E-state index in [2.05, 4.69) is 0 Å². The second-order valence-corrected chi connectivity index (χ2v) is 4.66. The van der Waals surface area contributed by atoms with E-state index >= 15 is 0 Å². The first-order valence-electron chi connectivity index (χ1n) is 6.06. The van der Waals surface area contributed by atoms with Crippen molar-refractivity contribution >= 4 is 0 Å². The van der Waals surface area contributed by atoms with E-state index in [1.54, 1.807) is 0 Å². The molecule has 1 aliphatic heterocycles. The maximum Gasteiger partial charge on any atom is 0.0852 e. The third-order valence-electron chi connectivity index (χ3n) is 2.88. The molecule has 0 aliphatic carbocycles. The molecule has 2 atom stereocenters. The molecule has 1 fully saturated rings. The van der Waals surface area contributed by atoms with Crippen LogP contribution >= 0.6 is 0 Å². The molecule has 1 N–H and O–H groups in total. The molecule has 0 aromatic carbocycles. The Bertz CT molecular complexity index is 162. The topological polar surface area (TPSA) is 38.7 Å². The highest BCUT2D eigenvalue weighted by Crippen LogP contribution is 2.21. The van der Waals surface area contributed by atoms with Crippen LogP contribution in [0, 0.1) is 0 Å². The van der Waals surface area contributed by atoms with Crippen LogP contribution in [-0.4, -0.2) is 36.6 Å². The van der Waals surface area contributed by atoms with E-state index in [0.29, 0.717) is 19.3 Å². The molecule has 1 saturated heterocycles. The average Bonchev–Trinajstić information content (AvgIpc) is 2.67. The van der Waals surface area contributed by atoms with Crippen molar-refractivity contribution in [3.8, 4) is 0 Å². The van der Waals surface area contributed by atoms with Gasteiger partial charge in [-0.1, -0.05) is 0 Å². The minimum atomic E-state index is -0.672.